The van der Waals surface area contributed by atoms with Crippen molar-refractivity contribution in [2.24, 2.45) is 0 Å². The van der Waals surface area contributed by atoms with Crippen LogP contribution in [0.25, 0.3) is 0 Å². The second-order valence-corrected chi connectivity index (χ2v) is 7.96. The molecule has 33 heavy (non-hydrogen) atoms. The molecule has 2 heterocycles. The predicted molar refractivity (Wildman–Crippen MR) is 124 cm³/mol. The van der Waals surface area contributed by atoms with Gasteiger partial charge in [-0.3, -0.25) is 19.3 Å². The van der Waals surface area contributed by atoms with Gasteiger partial charge in [-0.15, -0.1) is 0 Å². The van der Waals surface area contributed by atoms with Crippen LogP contribution < -0.4 is 10.9 Å². The highest BCUT2D eigenvalue weighted by molar-refractivity contribution is 5.94. The first kappa shape index (κ1) is 22.4. The summed E-state index contributed by atoms with van der Waals surface area (Å²) in [7, 11) is 0. The molecule has 3 aromatic rings. The second-order valence-electron chi connectivity index (χ2n) is 7.96. The Morgan fingerprint density at radius 2 is 1.58 bits per heavy atom. The number of aromatic nitrogens is 1. The van der Waals surface area contributed by atoms with Crippen molar-refractivity contribution >= 4 is 17.5 Å². The number of amides is 2. The van der Waals surface area contributed by atoms with Crippen LogP contribution in [0.4, 0.5) is 10.1 Å². The largest absolute Gasteiger partial charge is 0.336 e. The van der Waals surface area contributed by atoms with Gasteiger partial charge >= 0.3 is 0 Å². The number of halogens is 1. The SMILES string of the molecule is O=C(CN1CCN(C(=O)c2cccn(Cc3ccccc3)c2=O)CC1)Nc1ccc(F)cc1. The molecule has 0 aliphatic carbocycles. The molecule has 1 fully saturated rings. The summed E-state index contributed by atoms with van der Waals surface area (Å²) in [4.78, 5) is 41.8. The summed E-state index contributed by atoms with van der Waals surface area (Å²) in [5.74, 6) is -0.856. The first-order valence-electron chi connectivity index (χ1n) is 10.8. The molecule has 0 unspecified atom stereocenters. The quantitative estimate of drug-likeness (QED) is 0.629. The highest BCUT2D eigenvalue weighted by Crippen LogP contribution is 2.10. The molecule has 1 aliphatic rings. The first-order chi connectivity index (χ1) is 16.0. The Labute approximate surface area is 191 Å². The number of hydrogen-bond donors (Lipinski definition) is 1. The summed E-state index contributed by atoms with van der Waals surface area (Å²) in [6, 6.07) is 18.5. The summed E-state index contributed by atoms with van der Waals surface area (Å²) < 4.78 is 14.5. The van der Waals surface area contributed by atoms with Gasteiger partial charge in [-0.25, -0.2) is 4.39 Å². The molecule has 1 saturated heterocycles. The second kappa shape index (κ2) is 10.2. The molecule has 0 atom stereocenters. The normalized spacial score (nSPS) is 14.2. The summed E-state index contributed by atoms with van der Waals surface area (Å²) in [6.45, 7) is 2.47. The Bertz CT molecular complexity index is 1170. The lowest BCUT2D eigenvalue weighted by atomic mass is 10.2. The van der Waals surface area contributed by atoms with Crippen LogP contribution >= 0.6 is 0 Å². The number of anilines is 1. The molecule has 1 aromatic heterocycles. The Morgan fingerprint density at radius 3 is 2.27 bits per heavy atom. The Morgan fingerprint density at radius 1 is 0.879 bits per heavy atom. The van der Waals surface area contributed by atoms with Gasteiger partial charge in [0.2, 0.25) is 5.91 Å². The molecule has 0 radical (unpaired) electrons. The summed E-state index contributed by atoms with van der Waals surface area (Å²) in [5, 5.41) is 2.74. The number of carbonyl (C=O) groups is 2. The van der Waals surface area contributed by atoms with Crippen molar-refractivity contribution in [3.8, 4) is 0 Å². The fourth-order valence-electron chi connectivity index (χ4n) is 3.82. The van der Waals surface area contributed by atoms with Gasteiger partial charge in [0, 0.05) is 38.1 Å². The van der Waals surface area contributed by atoms with Gasteiger partial charge in [0.05, 0.1) is 13.1 Å². The third-order valence-corrected chi connectivity index (χ3v) is 5.60. The maximum atomic E-state index is 13.0. The first-order valence-corrected chi connectivity index (χ1v) is 10.8. The van der Waals surface area contributed by atoms with Crippen LogP contribution in [0.5, 0.6) is 0 Å². The van der Waals surface area contributed by atoms with Crippen LogP contribution in [0.1, 0.15) is 15.9 Å². The molecule has 1 N–H and O–H groups in total. The molecule has 0 bridgehead atoms. The minimum Gasteiger partial charge on any atom is -0.336 e. The zero-order valence-corrected chi connectivity index (χ0v) is 18.1. The molecule has 7 nitrogen and oxygen atoms in total. The number of nitrogens with zero attached hydrogens (tertiary/aromatic N) is 3. The van der Waals surface area contributed by atoms with E-state index in [0.717, 1.165) is 5.56 Å². The number of carbonyl (C=O) groups excluding carboxylic acids is 2. The van der Waals surface area contributed by atoms with E-state index in [1.165, 1.54) is 24.3 Å². The Balaban J connectivity index is 1.33. The van der Waals surface area contributed by atoms with E-state index < -0.39 is 0 Å². The highest BCUT2D eigenvalue weighted by Gasteiger charge is 2.25. The van der Waals surface area contributed by atoms with Crippen molar-refractivity contribution in [1.82, 2.24) is 14.4 Å². The average molecular weight is 448 g/mol. The number of rotatable bonds is 6. The summed E-state index contributed by atoms with van der Waals surface area (Å²) in [5.41, 5.74) is 1.35. The molecule has 2 amide bonds. The van der Waals surface area contributed by atoms with Crippen molar-refractivity contribution in [3.63, 3.8) is 0 Å². The molecule has 0 spiro atoms. The van der Waals surface area contributed by atoms with Gasteiger partial charge in [-0.1, -0.05) is 30.3 Å². The molecular formula is C25H25FN4O3. The molecule has 2 aromatic carbocycles. The van der Waals surface area contributed by atoms with Crippen molar-refractivity contribution in [2.75, 3.05) is 38.0 Å². The predicted octanol–water partition coefficient (Wildman–Crippen LogP) is 2.43. The van der Waals surface area contributed by atoms with E-state index in [1.54, 1.807) is 27.8 Å². The molecule has 170 valence electrons. The zero-order valence-electron chi connectivity index (χ0n) is 18.1. The third kappa shape index (κ3) is 5.72. The minimum atomic E-state index is -0.362. The number of nitrogens with one attached hydrogen (secondary N) is 1. The molecule has 8 heteroatoms. The van der Waals surface area contributed by atoms with Crippen molar-refractivity contribution in [2.45, 2.75) is 6.54 Å². The fraction of sp³-hybridized carbons (Fsp3) is 0.240. The van der Waals surface area contributed by atoms with Crippen LogP contribution in [0.2, 0.25) is 0 Å². The van der Waals surface area contributed by atoms with E-state index in [2.05, 4.69) is 5.32 Å². The number of piperazine rings is 1. The fourth-order valence-corrected chi connectivity index (χ4v) is 3.82. The van der Waals surface area contributed by atoms with Crippen LogP contribution in [0.3, 0.4) is 0 Å². The van der Waals surface area contributed by atoms with Gasteiger partial charge in [0.1, 0.15) is 11.4 Å². The summed E-state index contributed by atoms with van der Waals surface area (Å²) in [6.07, 6.45) is 1.68. The molecular weight excluding hydrogens is 423 g/mol. The van der Waals surface area contributed by atoms with E-state index in [1.807, 2.05) is 35.2 Å². The Hall–Kier alpha value is -3.78. The van der Waals surface area contributed by atoms with E-state index in [-0.39, 0.29) is 35.3 Å². The van der Waals surface area contributed by atoms with Gasteiger partial charge < -0.3 is 14.8 Å². The molecule has 1 aliphatic heterocycles. The van der Waals surface area contributed by atoms with Gasteiger partial charge in [-0.05, 0) is 42.0 Å². The maximum Gasteiger partial charge on any atom is 0.263 e. The lowest BCUT2D eigenvalue weighted by Crippen LogP contribution is -2.51. The van der Waals surface area contributed by atoms with Crippen molar-refractivity contribution < 1.29 is 14.0 Å². The van der Waals surface area contributed by atoms with E-state index in [9.17, 15) is 18.8 Å². The topological polar surface area (TPSA) is 74.7 Å². The van der Waals surface area contributed by atoms with E-state index >= 15 is 0 Å². The lowest BCUT2D eigenvalue weighted by molar-refractivity contribution is -0.117. The van der Waals surface area contributed by atoms with Crippen molar-refractivity contribution in [3.05, 3.63) is 100 Å². The van der Waals surface area contributed by atoms with E-state index in [4.69, 9.17) is 0 Å². The average Bonchev–Trinajstić information content (AvgIpc) is 2.83. The van der Waals surface area contributed by atoms with Crippen LogP contribution in [-0.4, -0.2) is 58.9 Å². The van der Waals surface area contributed by atoms with Gasteiger partial charge in [0.25, 0.3) is 11.5 Å². The van der Waals surface area contributed by atoms with Crippen molar-refractivity contribution in [1.29, 1.82) is 0 Å². The van der Waals surface area contributed by atoms with Crippen LogP contribution in [-0.2, 0) is 11.3 Å². The standard InChI is InChI=1S/C25H25FN4O3/c26-20-8-10-21(11-9-20)27-23(31)18-28-13-15-29(16-14-28)24(32)22-7-4-12-30(25(22)33)17-19-5-2-1-3-6-19/h1-12H,13-18H2,(H,27,31). The third-order valence-electron chi connectivity index (χ3n) is 5.60. The number of hydrogen-bond acceptors (Lipinski definition) is 4. The molecule has 0 saturated carbocycles. The lowest BCUT2D eigenvalue weighted by Gasteiger charge is -2.34. The zero-order chi connectivity index (χ0) is 23.2. The van der Waals surface area contributed by atoms with Crippen LogP contribution in [0, 0.1) is 5.82 Å². The van der Waals surface area contributed by atoms with E-state index in [0.29, 0.717) is 38.4 Å². The number of pyridine rings is 1. The van der Waals surface area contributed by atoms with Gasteiger partial charge in [-0.2, -0.15) is 0 Å². The monoisotopic (exact) mass is 448 g/mol. The molecule has 4 rings (SSSR count). The Kier molecular flexibility index (Phi) is 6.95. The van der Waals surface area contributed by atoms with Gasteiger partial charge in [0.15, 0.2) is 0 Å². The van der Waals surface area contributed by atoms with Crippen LogP contribution in [0.15, 0.2) is 77.7 Å². The maximum absolute atomic E-state index is 13.0. The number of benzene rings is 2. The minimum absolute atomic E-state index is 0.149. The summed E-state index contributed by atoms with van der Waals surface area (Å²) >= 11 is 0. The smallest absolute Gasteiger partial charge is 0.263 e. The highest BCUT2D eigenvalue weighted by atomic mass is 19.1.